The van der Waals surface area contributed by atoms with Crippen LogP contribution in [0, 0.1) is 11.3 Å². The Morgan fingerprint density at radius 1 is 1.07 bits per heavy atom. The molecular formula is C21H33Cl2N2O2Ti. The van der Waals surface area contributed by atoms with Gasteiger partial charge in [-0.05, 0) is 42.6 Å². The zero-order valence-corrected chi connectivity index (χ0v) is 20.4. The first-order valence-corrected chi connectivity index (χ1v) is 10.4. The van der Waals surface area contributed by atoms with Gasteiger partial charge in [-0.15, -0.1) is 0 Å². The third kappa shape index (κ3) is 11.5. The molecule has 2 amide bonds. The summed E-state index contributed by atoms with van der Waals surface area (Å²) in [5.41, 5.74) is 1.73. The van der Waals surface area contributed by atoms with E-state index in [1.165, 1.54) is 18.4 Å². The number of amides is 2. The molecule has 1 aliphatic rings. The third-order valence-electron chi connectivity index (χ3n) is 5.00. The number of carbonyl (C=O) groups excluding carboxylic acids is 2. The Kier molecular flexibility index (Phi) is 16.2. The maximum atomic E-state index is 11.8. The van der Waals surface area contributed by atoms with E-state index in [1.54, 1.807) is 20.7 Å². The van der Waals surface area contributed by atoms with E-state index in [-0.39, 0.29) is 36.6 Å². The monoisotopic (exact) mass is 463 g/mol. The predicted molar refractivity (Wildman–Crippen MR) is 102 cm³/mol. The molecule has 0 aliphatic heterocycles. The number of nitrogens with one attached hydrogen (secondary N) is 2. The summed E-state index contributed by atoms with van der Waals surface area (Å²) in [5.74, 6) is 0.849. The topological polar surface area (TPSA) is 58.2 Å². The fourth-order valence-electron chi connectivity index (χ4n) is 3.37. The van der Waals surface area contributed by atoms with Crippen molar-refractivity contribution in [2.75, 3.05) is 0 Å². The van der Waals surface area contributed by atoms with E-state index in [0.29, 0.717) is 30.2 Å². The number of benzene rings is 1. The normalized spacial score (nSPS) is 19.6. The molecule has 0 heterocycles. The maximum absolute atomic E-state index is 11.8. The molecule has 1 aromatic carbocycles. The molecule has 2 rings (SSSR count). The smallest absolute Gasteiger partial charge is 1.00 e. The molecule has 7 heteroatoms. The molecule has 2 atom stereocenters. The van der Waals surface area contributed by atoms with Crippen molar-refractivity contribution in [1.82, 2.24) is 9.12 Å². The molecule has 1 fully saturated rings. The molecule has 1 saturated carbocycles. The molecule has 0 radical (unpaired) electrons. The minimum absolute atomic E-state index is 0. The van der Waals surface area contributed by atoms with Crippen LogP contribution in [0.5, 0.6) is 0 Å². The van der Waals surface area contributed by atoms with E-state index in [1.807, 2.05) is 13.8 Å². The molecule has 0 bridgehead atoms. The van der Waals surface area contributed by atoms with E-state index >= 15 is 0 Å². The Morgan fingerprint density at radius 3 is 2.11 bits per heavy atom. The van der Waals surface area contributed by atoms with Crippen molar-refractivity contribution in [2.45, 2.75) is 72.3 Å². The SMILES string of the molecule is CCC(=O)NC1CC(C)(C)CCC1Cc1ccccc1.CCC(=O)[NH][Ti+2].[Cl-].[Cl-]. The largest absolute Gasteiger partial charge is 1.00 e. The van der Waals surface area contributed by atoms with Crippen molar-refractivity contribution in [2.24, 2.45) is 11.3 Å². The summed E-state index contributed by atoms with van der Waals surface area (Å²) in [6, 6.07) is 11.0. The minimum Gasteiger partial charge on any atom is -1.00 e. The molecular weight excluding hydrogens is 431 g/mol. The fourth-order valence-corrected chi connectivity index (χ4v) is 3.64. The number of carbonyl (C=O) groups is 2. The molecule has 1 aromatic rings. The van der Waals surface area contributed by atoms with Crippen LogP contribution in [-0.2, 0) is 36.7 Å². The summed E-state index contributed by atoms with van der Waals surface area (Å²) in [6.45, 7) is 8.38. The second-order valence-corrected chi connectivity index (χ2v) is 8.18. The predicted octanol–water partition coefficient (Wildman–Crippen LogP) is -2.07. The van der Waals surface area contributed by atoms with Crippen molar-refractivity contribution in [3.8, 4) is 0 Å². The molecule has 0 spiro atoms. The Hall–Kier alpha value is -0.546. The minimum atomic E-state index is 0. The Morgan fingerprint density at radius 2 is 1.64 bits per heavy atom. The number of rotatable bonds is 5. The molecule has 1 aliphatic carbocycles. The van der Waals surface area contributed by atoms with Crippen molar-refractivity contribution in [1.29, 1.82) is 0 Å². The van der Waals surface area contributed by atoms with E-state index < -0.39 is 0 Å². The van der Waals surface area contributed by atoms with Gasteiger partial charge in [-0.25, -0.2) is 0 Å². The third-order valence-corrected chi connectivity index (χ3v) is 5.44. The van der Waals surface area contributed by atoms with Gasteiger partial charge in [-0.3, -0.25) is 4.79 Å². The van der Waals surface area contributed by atoms with E-state index in [2.05, 4.69) is 53.3 Å². The first-order valence-electron chi connectivity index (χ1n) is 9.60. The molecule has 28 heavy (non-hydrogen) atoms. The average molecular weight is 464 g/mol. The van der Waals surface area contributed by atoms with Gasteiger partial charge in [0.05, 0.1) is 0 Å². The number of hydrogen-bond acceptors (Lipinski definition) is 2. The van der Waals surface area contributed by atoms with E-state index in [9.17, 15) is 9.59 Å². The summed E-state index contributed by atoms with van der Waals surface area (Å²) in [5, 5.41) is 3.26. The molecule has 2 N–H and O–H groups in total. The molecule has 0 aromatic heterocycles. The van der Waals surface area contributed by atoms with Crippen LogP contribution in [0.3, 0.4) is 0 Å². The Balaban J connectivity index is 0. The Bertz CT molecular complexity index is 565. The second kappa shape index (κ2) is 15.3. The van der Waals surface area contributed by atoms with Crippen molar-refractivity contribution < 1.29 is 55.1 Å². The van der Waals surface area contributed by atoms with Crippen LogP contribution >= 0.6 is 0 Å². The van der Waals surface area contributed by atoms with Gasteiger partial charge in [-0.2, -0.15) is 0 Å². The standard InChI is InChI=1S/C18H27NO.C3H7NO.2ClH.Ti/c1-4-17(20)19-16-13-18(2,3)11-10-15(16)12-14-8-6-5-7-9-14;1-2-3(4)5;;;/h5-9,15-16H,4,10-13H2,1-3H3,(H,19,20);2H2,1H3,(H2,4,5);2*1H;/q;;;;+3/p-3. The van der Waals surface area contributed by atoms with Crippen molar-refractivity contribution >= 4 is 11.8 Å². The zero-order valence-electron chi connectivity index (χ0n) is 17.4. The van der Waals surface area contributed by atoms with Gasteiger partial charge in [-0.1, -0.05) is 51.1 Å². The van der Waals surface area contributed by atoms with Gasteiger partial charge >= 0.3 is 48.5 Å². The van der Waals surface area contributed by atoms with Gasteiger partial charge in [0.2, 0.25) is 5.91 Å². The summed E-state index contributed by atoms with van der Waals surface area (Å²) >= 11 is 1.63. The van der Waals surface area contributed by atoms with Crippen LogP contribution in [0.1, 0.15) is 65.4 Å². The first-order chi connectivity index (χ1) is 12.3. The molecule has 4 nitrogen and oxygen atoms in total. The van der Waals surface area contributed by atoms with Gasteiger partial charge in [0, 0.05) is 12.5 Å². The van der Waals surface area contributed by atoms with E-state index in [0.717, 1.165) is 12.8 Å². The Labute approximate surface area is 194 Å². The van der Waals surface area contributed by atoms with Crippen LogP contribution in [0.25, 0.3) is 0 Å². The van der Waals surface area contributed by atoms with Crippen LogP contribution in [0.15, 0.2) is 30.3 Å². The van der Waals surface area contributed by atoms with E-state index in [4.69, 9.17) is 0 Å². The summed E-state index contributed by atoms with van der Waals surface area (Å²) < 4.78 is 2.48. The first kappa shape index (κ1) is 29.7. The molecule has 157 valence electrons. The maximum Gasteiger partial charge on any atom is -1.00 e. The second-order valence-electron chi connectivity index (χ2n) is 7.79. The van der Waals surface area contributed by atoms with Gasteiger partial charge in [0.15, 0.2) is 0 Å². The molecule has 0 saturated heterocycles. The van der Waals surface area contributed by atoms with Crippen molar-refractivity contribution in [3.05, 3.63) is 35.9 Å². The quantitative estimate of drug-likeness (QED) is 0.493. The van der Waals surface area contributed by atoms with Crippen LogP contribution in [0.2, 0.25) is 0 Å². The van der Waals surface area contributed by atoms with Crippen molar-refractivity contribution in [3.63, 3.8) is 0 Å². The molecule has 2 unspecified atom stereocenters. The summed E-state index contributed by atoms with van der Waals surface area (Å²) in [7, 11) is 0. The van der Waals surface area contributed by atoms with Gasteiger partial charge in [0.1, 0.15) is 0 Å². The van der Waals surface area contributed by atoms with Crippen LogP contribution in [0.4, 0.5) is 0 Å². The average Bonchev–Trinajstić information content (AvgIpc) is 2.64. The van der Waals surface area contributed by atoms with Crippen LogP contribution < -0.4 is 33.9 Å². The number of halogens is 2. The number of hydrogen-bond donors (Lipinski definition) is 2. The fraction of sp³-hybridized carbons (Fsp3) is 0.619. The zero-order chi connectivity index (χ0) is 19.6. The summed E-state index contributed by atoms with van der Waals surface area (Å²) in [6.07, 6.45) is 5.78. The van der Waals surface area contributed by atoms with Crippen LogP contribution in [-0.4, -0.2) is 17.9 Å². The van der Waals surface area contributed by atoms with Gasteiger partial charge < -0.3 is 30.1 Å². The van der Waals surface area contributed by atoms with Gasteiger partial charge in [0.25, 0.3) is 0 Å². The summed E-state index contributed by atoms with van der Waals surface area (Å²) in [4.78, 5) is 21.8.